The molecule has 0 saturated heterocycles. The molecule has 24 heavy (non-hydrogen) atoms. The zero-order valence-electron chi connectivity index (χ0n) is 14.9. The molecule has 0 aromatic carbocycles. The highest BCUT2D eigenvalue weighted by Crippen LogP contribution is 2.61. The van der Waals surface area contributed by atoms with Crippen molar-refractivity contribution in [2.24, 2.45) is 0 Å². The van der Waals surface area contributed by atoms with Crippen LogP contribution in [0.1, 0.15) is 51.6 Å². The van der Waals surface area contributed by atoms with Gasteiger partial charge < -0.3 is 13.8 Å². The smallest absolute Gasteiger partial charge is 0.247 e. The van der Waals surface area contributed by atoms with Gasteiger partial charge in [0.1, 0.15) is 12.4 Å². The molecule has 0 aliphatic heterocycles. The third-order valence-corrected chi connectivity index (χ3v) is 8.39. The van der Waals surface area contributed by atoms with E-state index in [9.17, 15) is 0 Å². The van der Waals surface area contributed by atoms with Gasteiger partial charge in [-0.1, -0.05) is 44.8 Å². The fourth-order valence-corrected chi connectivity index (χ4v) is 6.18. The van der Waals surface area contributed by atoms with Gasteiger partial charge in [-0.05, 0) is 25.2 Å². The summed E-state index contributed by atoms with van der Waals surface area (Å²) in [6, 6.07) is 1.78. The molecular weight excluding hydrogens is 363 g/mol. The van der Waals surface area contributed by atoms with Gasteiger partial charge >= 0.3 is 0 Å². The number of ether oxygens (including phenoxy) is 1. The second-order valence-corrected chi connectivity index (χ2v) is 11.7. The fourth-order valence-electron chi connectivity index (χ4n) is 1.66. The Bertz CT molecular complexity index is 570. The number of hydrogen-bond acceptors (Lipinski definition) is 7. The second-order valence-electron chi connectivity index (χ2n) is 5.28. The average molecular weight is 391 g/mol. The Hall–Kier alpha value is -0.460. The average Bonchev–Trinajstić information content (AvgIpc) is 2.56. The van der Waals surface area contributed by atoms with Crippen molar-refractivity contribution in [3.8, 4) is 5.88 Å². The lowest BCUT2D eigenvalue weighted by Gasteiger charge is -2.20. The summed E-state index contributed by atoms with van der Waals surface area (Å²) in [5, 5.41) is 0. The minimum Gasteiger partial charge on any atom is -0.473 e. The van der Waals surface area contributed by atoms with E-state index in [0.717, 1.165) is 23.7 Å². The van der Waals surface area contributed by atoms with Crippen molar-refractivity contribution in [1.82, 2.24) is 9.97 Å². The molecule has 136 valence electrons. The molecule has 0 unspecified atom stereocenters. The van der Waals surface area contributed by atoms with Gasteiger partial charge in [-0.3, -0.25) is 0 Å². The monoisotopic (exact) mass is 390 g/mol. The number of hydrogen-bond donors (Lipinski definition) is 0. The van der Waals surface area contributed by atoms with Crippen LogP contribution in [0.3, 0.4) is 0 Å². The Labute approximate surface area is 154 Å². The van der Waals surface area contributed by atoms with Crippen LogP contribution in [0, 0.1) is 0 Å². The summed E-state index contributed by atoms with van der Waals surface area (Å²) in [6.07, 6.45) is 2.72. The van der Waals surface area contributed by atoms with Crippen LogP contribution in [0.4, 0.5) is 0 Å². The Morgan fingerprint density at radius 2 is 2.08 bits per heavy atom. The maximum absolute atomic E-state index is 5.95. The molecule has 0 aliphatic rings. The van der Waals surface area contributed by atoms with Crippen LogP contribution in [0.2, 0.25) is 0 Å². The van der Waals surface area contributed by atoms with Crippen molar-refractivity contribution < 1.29 is 13.8 Å². The molecule has 1 aromatic heterocycles. The van der Waals surface area contributed by atoms with E-state index in [1.54, 1.807) is 23.5 Å². The highest BCUT2D eigenvalue weighted by Gasteiger charge is 2.20. The lowest BCUT2D eigenvalue weighted by atomic mass is 10.2. The van der Waals surface area contributed by atoms with E-state index in [-0.39, 0.29) is 5.92 Å². The maximum atomic E-state index is 5.95. The molecule has 0 amide bonds. The molecule has 0 bridgehead atoms. The Kier molecular flexibility index (Phi) is 10.1. The maximum Gasteiger partial charge on any atom is 0.247 e. The predicted molar refractivity (Wildman–Crippen MR) is 105 cm³/mol. The van der Waals surface area contributed by atoms with Crippen LogP contribution in [0.15, 0.2) is 18.7 Å². The van der Waals surface area contributed by atoms with E-state index in [1.807, 2.05) is 20.8 Å². The Morgan fingerprint density at radius 1 is 1.33 bits per heavy atom. The summed E-state index contributed by atoms with van der Waals surface area (Å²) >= 11 is 7.18. The van der Waals surface area contributed by atoms with Gasteiger partial charge in [0.2, 0.25) is 11.6 Å². The fraction of sp³-hybridized carbons (Fsp3) is 0.625. The molecule has 0 aliphatic carbocycles. The number of nitrogens with zero attached hydrogens (tertiary/aromatic N) is 2. The first-order chi connectivity index (χ1) is 11.4. The molecule has 5 nitrogen and oxygen atoms in total. The number of aromatic nitrogens is 2. The first-order valence-corrected chi connectivity index (χ1v) is 12.3. The van der Waals surface area contributed by atoms with Crippen LogP contribution in [0.5, 0.6) is 5.88 Å². The van der Waals surface area contributed by atoms with Crippen molar-refractivity contribution in [2.75, 3.05) is 19.0 Å². The van der Waals surface area contributed by atoms with Gasteiger partial charge in [0.25, 0.3) is 0 Å². The Balaban J connectivity index is 2.88. The van der Waals surface area contributed by atoms with Gasteiger partial charge in [0, 0.05) is 17.7 Å². The molecule has 0 N–H and O–H groups in total. The summed E-state index contributed by atoms with van der Waals surface area (Å²) in [5.74, 6) is 2.37. The molecule has 1 rings (SSSR count). The molecule has 8 heteroatoms. The SMILES string of the molecule is C=CCOc1cc(CO[P@](=S)(OCC)SCCC)nc(C(C)C)n1. The quantitative estimate of drug-likeness (QED) is 0.364. The third-order valence-electron chi connectivity index (χ3n) is 2.75. The zero-order chi connectivity index (χ0) is 18.0. The van der Waals surface area contributed by atoms with E-state index in [2.05, 4.69) is 23.5 Å². The highest BCUT2D eigenvalue weighted by molar-refractivity contribution is 8.67. The summed E-state index contributed by atoms with van der Waals surface area (Å²) in [6.45, 7) is 13.0. The molecule has 0 radical (unpaired) electrons. The van der Waals surface area contributed by atoms with Crippen LogP contribution < -0.4 is 4.74 Å². The summed E-state index contributed by atoms with van der Waals surface area (Å²) in [7, 11) is 0. The van der Waals surface area contributed by atoms with Crippen LogP contribution in [0.25, 0.3) is 0 Å². The lowest BCUT2D eigenvalue weighted by molar-refractivity contribution is 0.257. The van der Waals surface area contributed by atoms with Crippen molar-refractivity contribution in [1.29, 1.82) is 0 Å². The molecular formula is C16H27N2O3PS2. The molecule has 0 spiro atoms. The van der Waals surface area contributed by atoms with Crippen molar-refractivity contribution in [3.05, 3.63) is 30.2 Å². The van der Waals surface area contributed by atoms with Crippen LogP contribution in [-0.4, -0.2) is 28.9 Å². The van der Waals surface area contributed by atoms with Crippen LogP contribution >= 0.6 is 17.1 Å². The van der Waals surface area contributed by atoms with E-state index >= 15 is 0 Å². The Morgan fingerprint density at radius 3 is 2.67 bits per heavy atom. The van der Waals surface area contributed by atoms with Crippen molar-refractivity contribution in [3.63, 3.8) is 0 Å². The molecule has 1 atom stereocenters. The first kappa shape index (κ1) is 21.6. The minimum absolute atomic E-state index is 0.195. The van der Waals surface area contributed by atoms with Gasteiger partial charge in [0.15, 0.2) is 0 Å². The lowest BCUT2D eigenvalue weighted by Crippen LogP contribution is -2.06. The van der Waals surface area contributed by atoms with Gasteiger partial charge in [-0.2, -0.15) is 4.98 Å². The van der Waals surface area contributed by atoms with E-state index in [4.69, 9.17) is 25.6 Å². The molecule has 1 heterocycles. The normalized spacial score (nSPS) is 13.7. The third kappa shape index (κ3) is 7.62. The highest BCUT2D eigenvalue weighted by atomic mass is 32.9. The summed E-state index contributed by atoms with van der Waals surface area (Å²) in [5.41, 5.74) is -1.59. The molecule has 0 fully saturated rings. The largest absolute Gasteiger partial charge is 0.473 e. The molecule has 0 saturated carbocycles. The van der Waals surface area contributed by atoms with Gasteiger partial charge in [0.05, 0.1) is 18.9 Å². The van der Waals surface area contributed by atoms with E-state index in [0.29, 0.717) is 25.7 Å². The van der Waals surface area contributed by atoms with Crippen molar-refractivity contribution in [2.45, 2.75) is 46.6 Å². The minimum atomic E-state index is -2.34. The zero-order valence-corrected chi connectivity index (χ0v) is 17.4. The van der Waals surface area contributed by atoms with Gasteiger partial charge in [-0.15, -0.1) is 0 Å². The first-order valence-electron chi connectivity index (χ1n) is 8.09. The van der Waals surface area contributed by atoms with E-state index in [1.165, 1.54) is 0 Å². The summed E-state index contributed by atoms with van der Waals surface area (Å²) < 4.78 is 17.2. The standard InChI is InChI=1S/C16H27N2O3PS2/c1-6-9-19-15-11-14(17-16(18-15)13(4)5)12-21-22(23,20-8-3)24-10-7-2/h6,11,13H,1,7-10,12H2,2-5H3/t22-/m0/s1. The van der Waals surface area contributed by atoms with Crippen LogP contribution in [-0.2, 0) is 27.5 Å². The predicted octanol–water partition coefficient (Wildman–Crippen LogP) is 5.09. The summed E-state index contributed by atoms with van der Waals surface area (Å²) in [4.78, 5) is 8.96. The van der Waals surface area contributed by atoms with E-state index < -0.39 is 5.69 Å². The van der Waals surface area contributed by atoms with Gasteiger partial charge in [-0.25, -0.2) is 4.98 Å². The second kappa shape index (κ2) is 11.2. The molecule has 1 aromatic rings. The van der Waals surface area contributed by atoms with Crippen molar-refractivity contribution >= 4 is 28.9 Å². The number of rotatable bonds is 12. The topological polar surface area (TPSA) is 53.5 Å².